The first-order valence-corrected chi connectivity index (χ1v) is 10.3. The summed E-state index contributed by atoms with van der Waals surface area (Å²) in [5.41, 5.74) is 0.539. The number of amides is 4. The van der Waals surface area contributed by atoms with Crippen LogP contribution in [-0.2, 0) is 19.2 Å². The van der Waals surface area contributed by atoms with E-state index in [9.17, 15) is 28.0 Å². The second kappa shape index (κ2) is 6.41. The van der Waals surface area contributed by atoms with Crippen LogP contribution in [0.1, 0.15) is 0 Å². The molecule has 1 saturated carbocycles. The summed E-state index contributed by atoms with van der Waals surface area (Å²) in [6.45, 7) is 0. The zero-order chi connectivity index (χ0) is 22.3. The number of nitrogens with zero attached hydrogens (tertiary/aromatic N) is 2. The maximum absolute atomic E-state index is 13.3. The summed E-state index contributed by atoms with van der Waals surface area (Å²) < 4.78 is 26.7. The molecule has 2 bridgehead atoms. The van der Waals surface area contributed by atoms with Gasteiger partial charge < -0.3 is 0 Å². The molecule has 6 atom stereocenters. The Balaban J connectivity index is 1.39. The number of benzene rings is 2. The SMILES string of the molecule is O=C1[C@@H]2C3C=CC([C@H]2C(=O)N1c1ccc(F)cc1)[C@@H]1C(=O)N(c2ccc(F)cc2)C(=O)[C@H]31. The summed E-state index contributed by atoms with van der Waals surface area (Å²) >= 11 is 0. The molecule has 0 radical (unpaired) electrons. The Kier molecular flexibility index (Phi) is 3.82. The van der Waals surface area contributed by atoms with E-state index in [0.717, 1.165) is 9.80 Å². The normalized spacial score (nSPS) is 32.7. The van der Waals surface area contributed by atoms with Crippen LogP contribution in [0.4, 0.5) is 20.2 Å². The third-order valence-corrected chi connectivity index (χ3v) is 7.18. The van der Waals surface area contributed by atoms with Crippen LogP contribution < -0.4 is 9.80 Å². The summed E-state index contributed by atoms with van der Waals surface area (Å²) in [7, 11) is 0. The minimum Gasteiger partial charge on any atom is -0.274 e. The first-order valence-electron chi connectivity index (χ1n) is 10.3. The fourth-order valence-electron chi connectivity index (χ4n) is 5.92. The third-order valence-electron chi connectivity index (χ3n) is 7.18. The zero-order valence-corrected chi connectivity index (χ0v) is 16.5. The highest BCUT2D eigenvalue weighted by atomic mass is 19.1. The van der Waals surface area contributed by atoms with Gasteiger partial charge >= 0.3 is 0 Å². The van der Waals surface area contributed by atoms with Gasteiger partial charge in [0.05, 0.1) is 35.0 Å². The van der Waals surface area contributed by atoms with Crippen LogP contribution in [0.3, 0.4) is 0 Å². The van der Waals surface area contributed by atoms with Gasteiger partial charge in [-0.15, -0.1) is 0 Å². The van der Waals surface area contributed by atoms with Crippen LogP contribution >= 0.6 is 0 Å². The van der Waals surface area contributed by atoms with Crippen LogP contribution in [-0.4, -0.2) is 23.6 Å². The molecule has 2 aliphatic heterocycles. The molecule has 2 aromatic rings. The molecule has 2 saturated heterocycles. The van der Waals surface area contributed by atoms with Gasteiger partial charge in [0.15, 0.2) is 0 Å². The first-order chi connectivity index (χ1) is 15.4. The lowest BCUT2D eigenvalue weighted by atomic mass is 9.54. The van der Waals surface area contributed by atoms with Crippen LogP contribution in [0.15, 0.2) is 60.7 Å². The molecule has 6 nitrogen and oxygen atoms in total. The number of carbonyl (C=O) groups excluding carboxylic acids is 4. The molecule has 0 N–H and O–H groups in total. The second-order valence-corrected chi connectivity index (χ2v) is 8.62. The fourth-order valence-corrected chi connectivity index (χ4v) is 5.92. The Morgan fingerprint density at radius 3 is 1.06 bits per heavy atom. The number of imide groups is 2. The number of carbonyl (C=O) groups is 4. The van der Waals surface area contributed by atoms with E-state index in [1.807, 2.05) is 0 Å². The number of halogens is 2. The first kappa shape index (κ1) is 19.0. The molecule has 32 heavy (non-hydrogen) atoms. The van der Waals surface area contributed by atoms with E-state index in [2.05, 4.69) is 0 Å². The molecule has 2 aromatic carbocycles. The van der Waals surface area contributed by atoms with Crippen molar-refractivity contribution < 1.29 is 28.0 Å². The summed E-state index contributed by atoms with van der Waals surface area (Å²) in [4.78, 5) is 55.4. The summed E-state index contributed by atoms with van der Waals surface area (Å²) in [5, 5.41) is 0. The van der Waals surface area contributed by atoms with Crippen molar-refractivity contribution in [2.45, 2.75) is 0 Å². The Bertz CT molecular complexity index is 1080. The molecular formula is C24H16F2N2O4. The molecular weight excluding hydrogens is 418 g/mol. The molecule has 3 fully saturated rings. The minimum atomic E-state index is -0.756. The van der Waals surface area contributed by atoms with Crippen molar-refractivity contribution in [3.8, 4) is 0 Å². The minimum absolute atomic E-state index is 0.269. The van der Waals surface area contributed by atoms with Gasteiger partial charge in [-0.05, 0) is 48.5 Å². The number of hydrogen-bond donors (Lipinski definition) is 0. The zero-order valence-electron chi connectivity index (χ0n) is 16.5. The highest BCUT2D eigenvalue weighted by molar-refractivity contribution is 6.26. The average molecular weight is 434 g/mol. The number of hydrogen-bond acceptors (Lipinski definition) is 4. The predicted octanol–water partition coefficient (Wildman–Crippen LogP) is 2.69. The van der Waals surface area contributed by atoms with Gasteiger partial charge in [0.1, 0.15) is 11.6 Å². The summed E-state index contributed by atoms with van der Waals surface area (Å²) in [6.07, 6.45) is 3.54. The molecule has 2 heterocycles. The van der Waals surface area contributed by atoms with Crippen LogP contribution in [0.2, 0.25) is 0 Å². The van der Waals surface area contributed by atoms with E-state index in [4.69, 9.17) is 0 Å². The molecule has 2 unspecified atom stereocenters. The van der Waals surface area contributed by atoms with E-state index >= 15 is 0 Å². The standard InChI is InChI=1S/C24H16F2N2O4/c25-11-1-5-13(6-2-11)27-21(29)17-15-9-10-16(18(17)22(27)30)20-19(15)23(31)28(24(20)32)14-7-3-12(26)4-8-14/h1-10,15-20H/t15?,16?,17-,18-,19-,20+/m1/s1. The maximum Gasteiger partial charge on any atom is 0.238 e. The van der Waals surface area contributed by atoms with Gasteiger partial charge in [0, 0.05) is 11.8 Å². The summed E-state index contributed by atoms with van der Waals surface area (Å²) in [5.74, 6) is -6.95. The van der Waals surface area contributed by atoms with E-state index in [-0.39, 0.29) is 11.4 Å². The quantitative estimate of drug-likeness (QED) is 0.538. The average Bonchev–Trinajstić information content (AvgIpc) is 3.23. The van der Waals surface area contributed by atoms with Gasteiger partial charge in [-0.3, -0.25) is 29.0 Å². The molecule has 5 aliphatic rings. The Labute approximate surface area is 181 Å². The van der Waals surface area contributed by atoms with E-state index < -0.39 is 70.8 Å². The molecule has 7 rings (SSSR count). The van der Waals surface area contributed by atoms with Gasteiger partial charge in [-0.2, -0.15) is 0 Å². The lowest BCUT2D eigenvalue weighted by molar-refractivity contribution is -0.137. The predicted molar refractivity (Wildman–Crippen MR) is 108 cm³/mol. The molecule has 160 valence electrons. The van der Waals surface area contributed by atoms with Crippen molar-refractivity contribution >= 4 is 35.0 Å². The van der Waals surface area contributed by atoms with Gasteiger partial charge in [-0.1, -0.05) is 12.2 Å². The van der Waals surface area contributed by atoms with Crippen molar-refractivity contribution in [1.29, 1.82) is 0 Å². The Morgan fingerprint density at radius 2 is 0.781 bits per heavy atom. The Morgan fingerprint density at radius 1 is 0.500 bits per heavy atom. The Hall–Kier alpha value is -3.68. The molecule has 0 spiro atoms. The topological polar surface area (TPSA) is 74.8 Å². The third kappa shape index (κ3) is 2.32. The molecule has 8 heteroatoms. The maximum atomic E-state index is 13.3. The van der Waals surface area contributed by atoms with Gasteiger partial charge in [-0.25, -0.2) is 8.78 Å². The number of rotatable bonds is 2. The van der Waals surface area contributed by atoms with Gasteiger partial charge in [0.25, 0.3) is 0 Å². The second-order valence-electron chi connectivity index (χ2n) is 8.62. The monoisotopic (exact) mass is 434 g/mol. The van der Waals surface area contributed by atoms with Crippen LogP contribution in [0.5, 0.6) is 0 Å². The van der Waals surface area contributed by atoms with Crippen molar-refractivity contribution in [3.05, 3.63) is 72.3 Å². The molecule has 0 aromatic heterocycles. The van der Waals surface area contributed by atoms with Crippen molar-refractivity contribution in [3.63, 3.8) is 0 Å². The van der Waals surface area contributed by atoms with Crippen molar-refractivity contribution in [2.75, 3.05) is 9.80 Å². The largest absolute Gasteiger partial charge is 0.274 e. The summed E-state index contributed by atoms with van der Waals surface area (Å²) in [6, 6.07) is 10.2. The van der Waals surface area contributed by atoms with Crippen molar-refractivity contribution in [1.82, 2.24) is 0 Å². The number of anilines is 2. The smallest absolute Gasteiger partial charge is 0.238 e. The lowest BCUT2D eigenvalue weighted by Crippen LogP contribution is -2.50. The van der Waals surface area contributed by atoms with E-state index in [0.29, 0.717) is 0 Å². The molecule has 3 aliphatic carbocycles. The van der Waals surface area contributed by atoms with E-state index in [1.165, 1.54) is 48.5 Å². The molecule has 4 amide bonds. The fraction of sp³-hybridized carbons (Fsp3) is 0.250. The van der Waals surface area contributed by atoms with Gasteiger partial charge in [0.2, 0.25) is 23.6 Å². The lowest BCUT2D eigenvalue weighted by Gasteiger charge is -2.44. The number of allylic oxidation sites excluding steroid dienone is 2. The van der Waals surface area contributed by atoms with Crippen molar-refractivity contribution in [2.24, 2.45) is 35.5 Å². The van der Waals surface area contributed by atoms with E-state index in [1.54, 1.807) is 12.2 Å². The van der Waals surface area contributed by atoms with Crippen LogP contribution in [0.25, 0.3) is 0 Å². The highest BCUT2D eigenvalue weighted by Gasteiger charge is 2.68. The van der Waals surface area contributed by atoms with Crippen LogP contribution in [0, 0.1) is 47.1 Å². The highest BCUT2D eigenvalue weighted by Crippen LogP contribution is 2.58.